The van der Waals surface area contributed by atoms with E-state index in [4.69, 9.17) is 16.3 Å². The topological polar surface area (TPSA) is 68.4 Å². The summed E-state index contributed by atoms with van der Waals surface area (Å²) in [5.74, 6) is 1.93. The van der Waals surface area contributed by atoms with Gasteiger partial charge >= 0.3 is 0 Å². The molecule has 0 radical (unpaired) electrons. The molecular formula is C49H56ClN5O3. The largest absolute Gasteiger partial charge is 0.492 e. The Labute approximate surface area is 348 Å². The molecule has 3 atom stereocenters. The van der Waals surface area contributed by atoms with Gasteiger partial charge in [0.1, 0.15) is 12.4 Å². The minimum Gasteiger partial charge on any atom is -0.492 e. The number of likely N-dealkylation sites (tertiary alicyclic amines) is 2. The van der Waals surface area contributed by atoms with Crippen molar-refractivity contribution in [3.63, 3.8) is 0 Å². The summed E-state index contributed by atoms with van der Waals surface area (Å²) >= 11 is 6.36. The maximum absolute atomic E-state index is 12.6. The Morgan fingerprint density at radius 1 is 0.724 bits per heavy atom. The van der Waals surface area contributed by atoms with Crippen LogP contribution in [0.4, 0.5) is 5.69 Å². The monoisotopic (exact) mass is 797 g/mol. The summed E-state index contributed by atoms with van der Waals surface area (Å²) < 4.78 is 6.31. The van der Waals surface area contributed by atoms with Gasteiger partial charge in [-0.2, -0.15) is 0 Å². The zero-order chi connectivity index (χ0) is 39.4. The van der Waals surface area contributed by atoms with Crippen molar-refractivity contribution in [2.45, 2.75) is 76.2 Å². The molecule has 9 rings (SSSR count). The fourth-order valence-electron chi connectivity index (χ4n) is 10.4. The number of rotatable bonds is 13. The van der Waals surface area contributed by atoms with Gasteiger partial charge in [0.05, 0.1) is 6.04 Å². The number of carbonyl (C=O) groups excluding carboxylic acids is 2. The van der Waals surface area contributed by atoms with Gasteiger partial charge in [0.25, 0.3) is 0 Å². The van der Waals surface area contributed by atoms with Crippen LogP contribution in [-0.4, -0.2) is 96.4 Å². The highest BCUT2D eigenvalue weighted by Crippen LogP contribution is 2.39. The molecule has 0 aliphatic carbocycles. The average Bonchev–Trinajstić information content (AvgIpc) is 3.79. The first-order valence-corrected chi connectivity index (χ1v) is 22.1. The summed E-state index contributed by atoms with van der Waals surface area (Å²) in [5.41, 5.74) is 10.0. The Balaban J connectivity index is 0.741. The predicted octanol–water partition coefficient (Wildman–Crippen LogP) is 7.84. The van der Waals surface area contributed by atoms with E-state index in [2.05, 4.69) is 128 Å². The van der Waals surface area contributed by atoms with E-state index in [1.807, 2.05) is 0 Å². The smallest absolute Gasteiger partial charge is 0.243 e. The molecule has 8 nitrogen and oxygen atoms in total. The zero-order valence-electron chi connectivity index (χ0n) is 33.5. The number of imide groups is 1. The first-order chi connectivity index (χ1) is 28.5. The molecule has 5 aliphatic rings. The molecule has 302 valence electrons. The summed E-state index contributed by atoms with van der Waals surface area (Å²) in [6, 6.07) is 37.7. The molecule has 1 N–H and O–H groups in total. The van der Waals surface area contributed by atoms with Crippen molar-refractivity contribution in [1.82, 2.24) is 20.0 Å². The third-order valence-electron chi connectivity index (χ3n) is 13.3. The SMILES string of the molecule is O=C1CCC(N2Cc3ccc(N4C5CCC4CN(CC4CCN(CCOc6ccc(C(=C(CCCl)c7ccccc7)c7ccccc7)cc6)CC4)C5)cc3C2)C(=O)N1. The van der Waals surface area contributed by atoms with Crippen LogP contribution in [0, 0.1) is 5.92 Å². The summed E-state index contributed by atoms with van der Waals surface area (Å²) in [5, 5.41) is 2.54. The van der Waals surface area contributed by atoms with Crippen molar-refractivity contribution >= 4 is 40.2 Å². The second-order valence-electron chi connectivity index (χ2n) is 17.0. The van der Waals surface area contributed by atoms with E-state index in [9.17, 15) is 9.59 Å². The van der Waals surface area contributed by atoms with Crippen LogP contribution in [0.3, 0.4) is 0 Å². The van der Waals surface area contributed by atoms with Crippen molar-refractivity contribution in [2.75, 3.05) is 56.7 Å². The van der Waals surface area contributed by atoms with Crippen molar-refractivity contribution in [3.05, 3.63) is 131 Å². The maximum atomic E-state index is 12.6. The fourth-order valence-corrected chi connectivity index (χ4v) is 10.6. The van der Waals surface area contributed by atoms with E-state index in [-0.39, 0.29) is 17.9 Å². The summed E-state index contributed by atoms with van der Waals surface area (Å²) in [6.45, 7) is 8.97. The summed E-state index contributed by atoms with van der Waals surface area (Å²) in [4.78, 5) is 34.5. The van der Waals surface area contributed by atoms with E-state index in [0.717, 1.165) is 63.9 Å². The van der Waals surface area contributed by atoms with Crippen LogP contribution in [-0.2, 0) is 22.7 Å². The number of anilines is 1. The van der Waals surface area contributed by atoms with Gasteiger partial charge < -0.3 is 9.64 Å². The van der Waals surface area contributed by atoms with Crippen molar-refractivity contribution in [3.8, 4) is 5.75 Å². The number of piperazine rings is 1. The second-order valence-corrected chi connectivity index (χ2v) is 17.4. The van der Waals surface area contributed by atoms with Crippen LogP contribution in [0.1, 0.15) is 72.8 Å². The zero-order valence-corrected chi connectivity index (χ0v) is 34.3. The number of allylic oxidation sites excluding steroid dienone is 1. The first-order valence-electron chi connectivity index (χ1n) is 21.5. The van der Waals surface area contributed by atoms with E-state index < -0.39 is 0 Å². The van der Waals surface area contributed by atoms with Gasteiger partial charge in [-0.25, -0.2) is 0 Å². The second kappa shape index (κ2) is 17.8. The highest BCUT2D eigenvalue weighted by molar-refractivity contribution is 6.18. The van der Waals surface area contributed by atoms with Crippen LogP contribution in [0.2, 0.25) is 0 Å². The molecule has 9 heteroatoms. The van der Waals surface area contributed by atoms with E-state index in [1.54, 1.807) is 0 Å². The molecule has 5 heterocycles. The Kier molecular flexibility index (Phi) is 12.0. The van der Waals surface area contributed by atoms with Crippen LogP contribution in [0.25, 0.3) is 11.1 Å². The number of piperidine rings is 2. The number of hydrogen-bond acceptors (Lipinski definition) is 7. The number of carbonyl (C=O) groups is 2. The van der Waals surface area contributed by atoms with Crippen LogP contribution < -0.4 is 15.0 Å². The number of hydrogen-bond donors (Lipinski definition) is 1. The predicted molar refractivity (Wildman–Crippen MR) is 233 cm³/mol. The number of nitrogens with one attached hydrogen (secondary N) is 1. The molecule has 5 aliphatic heterocycles. The lowest BCUT2D eigenvalue weighted by Crippen LogP contribution is -2.55. The van der Waals surface area contributed by atoms with Crippen LogP contribution >= 0.6 is 11.6 Å². The molecule has 4 aromatic carbocycles. The molecule has 2 bridgehead atoms. The highest BCUT2D eigenvalue weighted by atomic mass is 35.5. The Bertz CT molecular complexity index is 2070. The van der Waals surface area contributed by atoms with Crippen LogP contribution in [0.5, 0.6) is 5.75 Å². The molecule has 0 saturated carbocycles. The van der Waals surface area contributed by atoms with Gasteiger partial charge in [-0.05, 0) is 121 Å². The third-order valence-corrected chi connectivity index (χ3v) is 13.5. The number of benzene rings is 4. The van der Waals surface area contributed by atoms with Crippen LogP contribution in [0.15, 0.2) is 103 Å². The third kappa shape index (κ3) is 8.62. The lowest BCUT2D eigenvalue weighted by Gasteiger charge is -2.44. The van der Waals surface area contributed by atoms with E-state index in [0.29, 0.717) is 37.4 Å². The lowest BCUT2D eigenvalue weighted by atomic mass is 9.88. The number of nitrogens with zero attached hydrogens (tertiary/aromatic N) is 4. The molecule has 4 saturated heterocycles. The fraction of sp³-hybridized carbons (Fsp3) is 0.429. The molecule has 3 unspecified atom stereocenters. The van der Waals surface area contributed by atoms with Crippen molar-refractivity contribution in [2.24, 2.45) is 5.92 Å². The number of fused-ring (bicyclic) bond motifs is 3. The van der Waals surface area contributed by atoms with Crippen molar-refractivity contribution < 1.29 is 14.3 Å². The van der Waals surface area contributed by atoms with Gasteiger partial charge in [0.15, 0.2) is 0 Å². The first kappa shape index (κ1) is 39.0. The number of halogens is 1. The van der Waals surface area contributed by atoms with E-state index >= 15 is 0 Å². The molecule has 58 heavy (non-hydrogen) atoms. The van der Waals surface area contributed by atoms with Gasteiger partial charge in [0.2, 0.25) is 11.8 Å². The Morgan fingerprint density at radius 3 is 2.09 bits per heavy atom. The number of ether oxygens (including phenoxy) is 1. The molecule has 4 fully saturated rings. The Morgan fingerprint density at radius 2 is 1.40 bits per heavy atom. The molecule has 0 spiro atoms. The molecule has 4 aromatic rings. The highest BCUT2D eigenvalue weighted by Gasteiger charge is 2.41. The van der Waals surface area contributed by atoms with Gasteiger partial charge in [-0.1, -0.05) is 78.9 Å². The maximum Gasteiger partial charge on any atom is 0.243 e. The van der Waals surface area contributed by atoms with Gasteiger partial charge in [-0.3, -0.25) is 29.6 Å². The van der Waals surface area contributed by atoms with Gasteiger partial charge in [0, 0.05) is 69.3 Å². The normalized spacial score (nSPS) is 23.5. The molecule has 2 amide bonds. The minimum atomic E-state index is -0.212. The average molecular weight is 798 g/mol. The lowest BCUT2D eigenvalue weighted by molar-refractivity contribution is -0.137. The number of amides is 2. The molecular weight excluding hydrogens is 742 g/mol. The summed E-state index contributed by atoms with van der Waals surface area (Å²) in [6.07, 6.45) is 6.84. The van der Waals surface area contributed by atoms with Gasteiger partial charge in [-0.15, -0.1) is 11.6 Å². The quantitative estimate of drug-likeness (QED) is 0.0841. The number of alkyl halides is 1. The van der Waals surface area contributed by atoms with Crippen molar-refractivity contribution in [1.29, 1.82) is 0 Å². The molecule has 0 aromatic heterocycles. The minimum absolute atomic E-state index is 0.140. The van der Waals surface area contributed by atoms with E-state index in [1.165, 1.54) is 76.9 Å². The standard InChI is InChI=1S/C49H56ClN5O3/c50-24-21-45(36-7-3-1-4-8-36)48(37-9-5-2-6-10-37)38-12-17-44(18-13-38)58-28-27-52-25-22-35(23-26-52)30-53-33-42-15-16-43(34-53)55(42)41-14-11-39-31-54(32-40(39)29-41)46-19-20-47(56)51-49(46)57/h1-14,17-18,29,35,42-43,46H,15-16,19-28,30-34H2,(H,51,56,57). The Hall–Kier alpha value is -4.47. The summed E-state index contributed by atoms with van der Waals surface area (Å²) in [7, 11) is 0.